The first kappa shape index (κ1) is 20.8. The molecule has 1 atom stereocenters. The molecule has 0 bridgehead atoms. The summed E-state index contributed by atoms with van der Waals surface area (Å²) in [6, 6.07) is 5.90. The van der Waals surface area contributed by atoms with E-state index in [1.165, 1.54) is 36.6 Å². The smallest absolute Gasteiger partial charge is 0.294 e. The molecule has 0 aliphatic heterocycles. The molecule has 0 aromatic heterocycles. The molecule has 136 valence electrons. The average molecular weight is 376 g/mol. The number of aryl methyl sites for hydroxylation is 1. The summed E-state index contributed by atoms with van der Waals surface area (Å²) in [5, 5.41) is 1.22. The summed E-state index contributed by atoms with van der Waals surface area (Å²) < 4.78 is 51.2. The maximum atomic E-state index is 10.8. The van der Waals surface area contributed by atoms with Crippen LogP contribution >= 0.6 is 0 Å². The number of rotatable bonds is 4. The third kappa shape index (κ3) is 8.05. The Morgan fingerprint density at radius 3 is 2.04 bits per heavy atom. The number of nitrogens with two attached hydrogens (primary N) is 1. The molecule has 0 saturated heterocycles. The maximum Gasteiger partial charge on any atom is 0.294 e. The lowest BCUT2D eigenvalue weighted by molar-refractivity contribution is 0.483. The third-order valence-corrected chi connectivity index (χ3v) is 5.33. The number of benzene rings is 1. The first-order valence-electron chi connectivity index (χ1n) is 7.67. The van der Waals surface area contributed by atoms with Gasteiger partial charge in [0.25, 0.3) is 10.1 Å². The second-order valence-electron chi connectivity index (χ2n) is 6.07. The van der Waals surface area contributed by atoms with Gasteiger partial charge < -0.3 is 5.73 Å². The lowest BCUT2D eigenvalue weighted by Crippen LogP contribution is -2.25. The molecule has 24 heavy (non-hydrogen) atoms. The molecule has 0 heterocycles. The summed E-state index contributed by atoms with van der Waals surface area (Å²) >= 11 is 0. The second kappa shape index (κ2) is 8.75. The van der Waals surface area contributed by atoms with Crippen molar-refractivity contribution in [3.05, 3.63) is 41.3 Å². The number of sulfone groups is 1. The van der Waals surface area contributed by atoms with Crippen LogP contribution in [0.1, 0.15) is 31.2 Å². The topological polar surface area (TPSA) is 115 Å². The van der Waals surface area contributed by atoms with E-state index in [4.69, 9.17) is 10.3 Å². The second-order valence-corrected chi connectivity index (χ2v) is 9.42. The lowest BCUT2D eigenvalue weighted by atomic mass is 9.99. The van der Waals surface area contributed by atoms with Crippen LogP contribution in [0.15, 0.2) is 40.6 Å². The summed E-state index contributed by atoms with van der Waals surface area (Å²) in [6.07, 6.45) is 7.52. The molecule has 1 aliphatic rings. The van der Waals surface area contributed by atoms with E-state index in [0.29, 0.717) is 5.92 Å². The minimum Gasteiger partial charge on any atom is -0.324 e. The monoisotopic (exact) mass is 375 g/mol. The summed E-state index contributed by atoms with van der Waals surface area (Å²) in [5.41, 5.74) is 6.79. The summed E-state index contributed by atoms with van der Waals surface area (Å²) in [4.78, 5) is -0.0666. The Morgan fingerprint density at radius 1 is 1.12 bits per heavy atom. The van der Waals surface area contributed by atoms with E-state index < -0.39 is 20.0 Å². The van der Waals surface area contributed by atoms with E-state index in [2.05, 4.69) is 0 Å². The Bertz CT molecular complexity index is 746. The van der Waals surface area contributed by atoms with Gasteiger partial charge in [0, 0.05) is 17.7 Å². The van der Waals surface area contributed by atoms with Gasteiger partial charge in [0.2, 0.25) is 0 Å². The fraction of sp³-hybridized carbons (Fsp3) is 0.500. The Balaban J connectivity index is 0.000000243. The maximum absolute atomic E-state index is 10.8. The minimum atomic E-state index is -4.02. The van der Waals surface area contributed by atoms with Gasteiger partial charge >= 0.3 is 0 Å². The molecule has 1 saturated carbocycles. The molecule has 1 aromatic rings. The molecule has 1 aromatic carbocycles. The number of hydrogen-bond donors (Lipinski definition) is 2. The van der Waals surface area contributed by atoms with Gasteiger partial charge in [-0.1, -0.05) is 36.6 Å². The van der Waals surface area contributed by atoms with E-state index in [-0.39, 0.29) is 10.9 Å². The van der Waals surface area contributed by atoms with Crippen LogP contribution in [0.3, 0.4) is 0 Å². The van der Waals surface area contributed by atoms with Crippen molar-refractivity contribution in [3.63, 3.8) is 0 Å². The highest BCUT2D eigenvalue weighted by Crippen LogP contribution is 2.27. The zero-order chi connectivity index (χ0) is 18.4. The van der Waals surface area contributed by atoms with Crippen molar-refractivity contribution in [2.24, 2.45) is 11.7 Å². The lowest BCUT2D eigenvalue weighted by Gasteiger charge is -2.13. The van der Waals surface area contributed by atoms with Crippen LogP contribution in [0.2, 0.25) is 0 Å². The van der Waals surface area contributed by atoms with Gasteiger partial charge in [0.05, 0.1) is 4.90 Å². The van der Waals surface area contributed by atoms with Crippen LogP contribution in [-0.2, 0) is 20.0 Å². The minimum absolute atomic E-state index is 0.0666. The fourth-order valence-corrected chi connectivity index (χ4v) is 3.39. The normalized spacial score (nSPS) is 17.5. The molecule has 8 heteroatoms. The molecule has 0 spiro atoms. The zero-order valence-electron chi connectivity index (χ0n) is 13.9. The predicted octanol–water partition coefficient (Wildman–Crippen LogP) is 2.30. The highest BCUT2D eigenvalue weighted by Gasteiger charge is 2.20. The Morgan fingerprint density at radius 2 is 1.62 bits per heavy atom. The Kier molecular flexibility index (Phi) is 7.59. The fourth-order valence-electron chi connectivity index (χ4n) is 2.44. The van der Waals surface area contributed by atoms with Crippen LogP contribution in [0, 0.1) is 12.8 Å². The van der Waals surface area contributed by atoms with E-state index in [1.807, 2.05) is 6.92 Å². The molecule has 6 nitrogen and oxygen atoms in total. The van der Waals surface area contributed by atoms with Gasteiger partial charge in [-0.15, -0.1) is 0 Å². The van der Waals surface area contributed by atoms with Crippen LogP contribution in [0.5, 0.6) is 0 Å². The summed E-state index contributed by atoms with van der Waals surface area (Å²) in [5.74, 6) is 0.484. The molecule has 0 amide bonds. The van der Waals surface area contributed by atoms with Gasteiger partial charge in [0.15, 0.2) is 9.84 Å². The molecule has 3 N–H and O–H groups in total. The van der Waals surface area contributed by atoms with E-state index in [1.54, 1.807) is 18.2 Å². The van der Waals surface area contributed by atoms with Crippen molar-refractivity contribution in [2.45, 2.75) is 43.5 Å². The van der Waals surface area contributed by atoms with Crippen LogP contribution in [0.25, 0.3) is 0 Å². The molecule has 0 unspecified atom stereocenters. The van der Waals surface area contributed by atoms with Crippen molar-refractivity contribution >= 4 is 20.0 Å². The largest absolute Gasteiger partial charge is 0.324 e. The van der Waals surface area contributed by atoms with E-state index in [9.17, 15) is 16.8 Å². The first-order chi connectivity index (χ1) is 11.0. The van der Waals surface area contributed by atoms with Gasteiger partial charge in [0.1, 0.15) is 0 Å². The van der Waals surface area contributed by atoms with Gasteiger partial charge in [-0.25, -0.2) is 8.42 Å². The highest BCUT2D eigenvalue weighted by atomic mass is 32.2. The van der Waals surface area contributed by atoms with Gasteiger partial charge in [-0.3, -0.25) is 4.55 Å². The standard InChI is InChI=1S/C9H17NO2S.C7H8O3S/c1-13(11,12)7-6-9(10)8-4-2-3-5-8;1-6-2-4-7(5-3-6)11(8,9)10/h6-9H,2-5,10H2,1H3;2-5H,1H3,(H,8,9,10)/b7-6+;/t9-;/m1./s1. The van der Waals surface area contributed by atoms with E-state index >= 15 is 0 Å². The SMILES string of the molecule is CS(=O)(=O)/C=C/[C@@H](N)C1CCCC1.Cc1ccc(S(=O)(=O)O)cc1. The predicted molar refractivity (Wildman–Crippen MR) is 94.9 cm³/mol. The van der Waals surface area contributed by atoms with Crippen molar-refractivity contribution in [2.75, 3.05) is 6.26 Å². The van der Waals surface area contributed by atoms with Crippen molar-refractivity contribution in [1.29, 1.82) is 0 Å². The van der Waals surface area contributed by atoms with Crippen LogP contribution in [-0.4, -0.2) is 33.7 Å². The molecular formula is C16H25NO5S2. The van der Waals surface area contributed by atoms with Crippen molar-refractivity contribution in [3.8, 4) is 0 Å². The Hall–Kier alpha value is -1.22. The van der Waals surface area contributed by atoms with E-state index in [0.717, 1.165) is 18.4 Å². The zero-order valence-corrected chi connectivity index (χ0v) is 15.6. The molecule has 1 fully saturated rings. The molecule has 2 rings (SSSR count). The summed E-state index contributed by atoms with van der Waals surface area (Å²) in [6.45, 7) is 1.84. The van der Waals surface area contributed by atoms with Crippen molar-refractivity contribution in [1.82, 2.24) is 0 Å². The average Bonchev–Trinajstić information content (AvgIpc) is 2.98. The van der Waals surface area contributed by atoms with Gasteiger partial charge in [-0.05, 0) is 37.8 Å². The summed E-state index contributed by atoms with van der Waals surface area (Å²) in [7, 11) is -7.03. The highest BCUT2D eigenvalue weighted by molar-refractivity contribution is 7.93. The first-order valence-corrected chi connectivity index (χ1v) is 11.1. The molecule has 0 radical (unpaired) electrons. The quantitative estimate of drug-likeness (QED) is 0.780. The van der Waals surface area contributed by atoms with Crippen LogP contribution < -0.4 is 5.73 Å². The van der Waals surface area contributed by atoms with Crippen molar-refractivity contribution < 1.29 is 21.4 Å². The molecular weight excluding hydrogens is 350 g/mol. The molecule has 1 aliphatic carbocycles. The third-order valence-electron chi connectivity index (χ3n) is 3.81. The Labute approximate surface area is 144 Å². The van der Waals surface area contributed by atoms with Gasteiger partial charge in [-0.2, -0.15) is 8.42 Å². The number of hydrogen-bond acceptors (Lipinski definition) is 5. The van der Waals surface area contributed by atoms with Crippen LogP contribution in [0.4, 0.5) is 0 Å².